The van der Waals surface area contributed by atoms with Crippen LogP contribution in [0.4, 0.5) is 8.78 Å². The Bertz CT molecular complexity index is 1820. The van der Waals surface area contributed by atoms with Crippen molar-refractivity contribution in [3.63, 3.8) is 0 Å². The highest BCUT2D eigenvalue weighted by atomic mass is 79.9. The number of alkyl halides is 1. The van der Waals surface area contributed by atoms with Gasteiger partial charge in [0.2, 0.25) is 0 Å². The highest BCUT2D eigenvalue weighted by Crippen LogP contribution is 2.32. The summed E-state index contributed by atoms with van der Waals surface area (Å²) in [5.41, 5.74) is -0.209. The van der Waals surface area contributed by atoms with E-state index in [-0.39, 0.29) is 35.0 Å². The van der Waals surface area contributed by atoms with E-state index in [0.717, 1.165) is 80.3 Å². The summed E-state index contributed by atoms with van der Waals surface area (Å²) in [5.74, 6) is 3.15. The molecule has 8 nitrogen and oxygen atoms in total. The van der Waals surface area contributed by atoms with Crippen molar-refractivity contribution in [2.45, 2.75) is 90.6 Å². The molecule has 2 saturated heterocycles. The van der Waals surface area contributed by atoms with Crippen LogP contribution in [0.25, 0.3) is 0 Å². The molecule has 0 saturated carbocycles. The normalized spacial score (nSPS) is 15.9. The van der Waals surface area contributed by atoms with Gasteiger partial charge in [0.05, 0.1) is 18.8 Å². The minimum absolute atomic E-state index is 0.00174. The Labute approximate surface area is 367 Å². The average Bonchev–Trinajstić information content (AvgIpc) is 3.18. The molecule has 0 spiro atoms. The Morgan fingerprint density at radius 3 is 1.47 bits per heavy atom. The third kappa shape index (κ3) is 17.6. The van der Waals surface area contributed by atoms with E-state index in [2.05, 4.69) is 40.0 Å². The second kappa shape index (κ2) is 24.1. The molecule has 59 heavy (non-hydrogen) atoms. The molecule has 0 bridgehead atoms. The Kier molecular flexibility index (Phi) is 19.7. The van der Waals surface area contributed by atoms with E-state index in [0.29, 0.717) is 41.2 Å². The number of piperidine rings is 2. The standard InChI is InChI=1S/C23H29ClFNO3.C12H16ClNO.C11H14BrFO2/c1-17(2)28-22-16-19(25)6-9-21(22)27-15-14-26-12-10-23(3,11-13-26)29-20-7-4-18(24)5-8-20;1-12(6-8-14-9-7-12)15-11-4-2-10(13)3-5-11;1-8(2)15-11-7-9(13)3-4-10(11)14-6-5-12/h4-9,16-17H,10-15H2,1-3H3;2-5,14H,6-9H2,1H3;3-4,7-8H,5-6H2,1-2H3. The summed E-state index contributed by atoms with van der Waals surface area (Å²) in [4.78, 5) is 2.36. The number of nitrogens with one attached hydrogen (secondary N) is 1. The molecule has 1 N–H and O–H groups in total. The Hall–Kier alpha value is -3.48. The van der Waals surface area contributed by atoms with Gasteiger partial charge in [0.15, 0.2) is 23.0 Å². The number of hydrogen-bond acceptors (Lipinski definition) is 8. The first-order chi connectivity index (χ1) is 28.1. The maximum Gasteiger partial charge on any atom is 0.164 e. The zero-order valence-corrected chi connectivity index (χ0v) is 38.1. The number of ether oxygens (including phenoxy) is 6. The lowest BCUT2D eigenvalue weighted by Crippen LogP contribution is -2.47. The van der Waals surface area contributed by atoms with Crippen molar-refractivity contribution in [1.82, 2.24) is 10.2 Å². The predicted molar refractivity (Wildman–Crippen MR) is 238 cm³/mol. The summed E-state index contributed by atoms with van der Waals surface area (Å²) < 4.78 is 61.1. The first kappa shape index (κ1) is 48.2. The van der Waals surface area contributed by atoms with Gasteiger partial charge in [-0.25, -0.2) is 8.78 Å². The lowest BCUT2D eigenvalue weighted by Gasteiger charge is -2.39. The maximum absolute atomic E-state index is 13.5. The predicted octanol–water partition coefficient (Wildman–Crippen LogP) is 11.8. The minimum atomic E-state index is -0.330. The third-order valence-electron chi connectivity index (χ3n) is 9.47. The van der Waals surface area contributed by atoms with Crippen LogP contribution in [0.3, 0.4) is 0 Å². The number of halogens is 5. The Balaban J connectivity index is 0.000000215. The van der Waals surface area contributed by atoms with Crippen LogP contribution in [0.2, 0.25) is 10.0 Å². The average molecular weight is 925 g/mol. The molecule has 2 aliphatic heterocycles. The molecular weight excluding hydrogens is 865 g/mol. The Morgan fingerprint density at radius 1 is 0.627 bits per heavy atom. The van der Waals surface area contributed by atoms with Crippen molar-refractivity contribution in [3.05, 3.63) is 107 Å². The highest BCUT2D eigenvalue weighted by Gasteiger charge is 2.32. The smallest absolute Gasteiger partial charge is 0.164 e. The van der Waals surface area contributed by atoms with E-state index in [9.17, 15) is 8.78 Å². The van der Waals surface area contributed by atoms with Gasteiger partial charge in [-0.3, -0.25) is 4.90 Å². The van der Waals surface area contributed by atoms with Gasteiger partial charge in [-0.2, -0.15) is 0 Å². The van der Waals surface area contributed by atoms with Crippen LogP contribution in [-0.2, 0) is 0 Å². The third-order valence-corrected chi connectivity index (χ3v) is 10.3. The first-order valence-electron chi connectivity index (χ1n) is 20.2. The van der Waals surface area contributed by atoms with E-state index >= 15 is 0 Å². The molecule has 0 aliphatic carbocycles. The van der Waals surface area contributed by atoms with Crippen LogP contribution in [0.5, 0.6) is 34.5 Å². The highest BCUT2D eigenvalue weighted by molar-refractivity contribution is 9.09. The van der Waals surface area contributed by atoms with Crippen LogP contribution in [0, 0.1) is 11.6 Å². The van der Waals surface area contributed by atoms with Gasteiger partial charge < -0.3 is 33.7 Å². The minimum Gasteiger partial charge on any atom is -0.489 e. The number of likely N-dealkylation sites (tertiary alicyclic amines) is 1. The second-order valence-electron chi connectivity index (χ2n) is 15.5. The molecule has 2 heterocycles. The summed E-state index contributed by atoms with van der Waals surface area (Å²) in [6.07, 6.45) is 3.94. The summed E-state index contributed by atoms with van der Waals surface area (Å²) >= 11 is 15.0. The van der Waals surface area contributed by atoms with Crippen molar-refractivity contribution in [2.75, 3.05) is 51.3 Å². The van der Waals surface area contributed by atoms with Crippen LogP contribution >= 0.6 is 39.1 Å². The van der Waals surface area contributed by atoms with Gasteiger partial charge in [0.1, 0.15) is 40.9 Å². The van der Waals surface area contributed by atoms with Gasteiger partial charge in [0, 0.05) is 47.1 Å². The molecule has 6 rings (SSSR count). The van der Waals surface area contributed by atoms with Crippen LogP contribution in [0.1, 0.15) is 67.2 Å². The van der Waals surface area contributed by atoms with E-state index in [1.807, 2.05) is 76.2 Å². The van der Waals surface area contributed by atoms with E-state index < -0.39 is 0 Å². The van der Waals surface area contributed by atoms with E-state index in [1.54, 1.807) is 12.1 Å². The van der Waals surface area contributed by atoms with Gasteiger partial charge in [-0.05, 0) is 153 Å². The second-order valence-corrected chi connectivity index (χ2v) is 17.2. The molecule has 324 valence electrons. The molecule has 0 unspecified atom stereocenters. The molecule has 2 aliphatic rings. The molecule has 0 radical (unpaired) electrons. The summed E-state index contributed by atoms with van der Waals surface area (Å²) in [6, 6.07) is 23.8. The number of benzene rings is 4. The molecule has 4 aromatic rings. The van der Waals surface area contributed by atoms with Crippen LogP contribution < -0.4 is 33.7 Å². The zero-order chi connectivity index (χ0) is 42.8. The van der Waals surface area contributed by atoms with Gasteiger partial charge >= 0.3 is 0 Å². The van der Waals surface area contributed by atoms with Crippen molar-refractivity contribution < 1.29 is 37.2 Å². The van der Waals surface area contributed by atoms with Crippen molar-refractivity contribution in [1.29, 1.82) is 0 Å². The van der Waals surface area contributed by atoms with Crippen LogP contribution in [-0.4, -0.2) is 79.6 Å². The number of rotatable bonds is 15. The molecular formula is C46H59BrCl2F2N2O6. The van der Waals surface area contributed by atoms with Gasteiger partial charge in [0.25, 0.3) is 0 Å². The van der Waals surface area contributed by atoms with Crippen LogP contribution in [0.15, 0.2) is 84.9 Å². The Morgan fingerprint density at radius 2 is 1.05 bits per heavy atom. The van der Waals surface area contributed by atoms with Crippen molar-refractivity contribution in [3.8, 4) is 34.5 Å². The fourth-order valence-corrected chi connectivity index (χ4v) is 6.73. The van der Waals surface area contributed by atoms with Crippen molar-refractivity contribution >= 4 is 39.1 Å². The van der Waals surface area contributed by atoms with Gasteiger partial charge in [-0.1, -0.05) is 39.1 Å². The largest absolute Gasteiger partial charge is 0.489 e. The zero-order valence-electron chi connectivity index (χ0n) is 35.0. The summed E-state index contributed by atoms with van der Waals surface area (Å²) in [5, 5.41) is 5.52. The number of hydrogen-bond donors (Lipinski definition) is 1. The van der Waals surface area contributed by atoms with E-state index in [4.69, 9.17) is 51.6 Å². The topological polar surface area (TPSA) is 70.7 Å². The van der Waals surface area contributed by atoms with E-state index in [1.165, 1.54) is 24.3 Å². The summed E-state index contributed by atoms with van der Waals surface area (Å²) in [6.45, 7) is 17.7. The maximum atomic E-state index is 13.5. The fraction of sp³-hybridized carbons (Fsp3) is 0.478. The molecule has 13 heteroatoms. The monoisotopic (exact) mass is 922 g/mol. The van der Waals surface area contributed by atoms with Gasteiger partial charge in [-0.15, -0.1) is 0 Å². The molecule has 0 amide bonds. The molecule has 0 aromatic heterocycles. The molecule has 2 fully saturated rings. The lowest BCUT2D eigenvalue weighted by molar-refractivity contribution is 0.0134. The fourth-order valence-electron chi connectivity index (χ4n) is 6.31. The number of nitrogens with zero attached hydrogens (tertiary/aromatic N) is 1. The molecule has 4 aromatic carbocycles. The summed E-state index contributed by atoms with van der Waals surface area (Å²) in [7, 11) is 0. The SMILES string of the molecule is CC(C)Oc1cc(F)ccc1OCCBr.CC(C)Oc1cc(F)ccc1OCCN1CCC(C)(Oc2ccc(Cl)cc2)CC1.CC1(Oc2ccc(Cl)cc2)CCNCC1. The first-order valence-corrected chi connectivity index (χ1v) is 22.1. The lowest BCUT2D eigenvalue weighted by atomic mass is 9.93. The van der Waals surface area contributed by atoms with Crippen molar-refractivity contribution in [2.24, 2.45) is 0 Å². The quantitative estimate of drug-likeness (QED) is 0.118. The molecule has 0 atom stereocenters.